The molecule has 1 fully saturated rings. The van der Waals surface area contributed by atoms with Gasteiger partial charge < -0.3 is 14.4 Å². The van der Waals surface area contributed by atoms with E-state index in [-0.39, 0.29) is 6.10 Å². The molecule has 2 aliphatic heterocycles. The van der Waals surface area contributed by atoms with Gasteiger partial charge in [0.2, 0.25) is 0 Å². The third-order valence-electron chi connectivity index (χ3n) is 5.70. The second kappa shape index (κ2) is 6.49. The average molecular weight is 365 g/mol. The lowest BCUT2D eigenvalue weighted by atomic mass is 10.1. The fourth-order valence-corrected chi connectivity index (χ4v) is 3.96. The number of ether oxygens (including phenoxy) is 2. The minimum Gasteiger partial charge on any atom is -0.490 e. The predicted molar refractivity (Wildman–Crippen MR) is 101 cm³/mol. The first-order valence-corrected chi connectivity index (χ1v) is 9.47. The van der Waals surface area contributed by atoms with Crippen LogP contribution in [0.15, 0.2) is 24.5 Å². The van der Waals surface area contributed by atoms with Crippen LogP contribution in [0.3, 0.4) is 0 Å². The van der Waals surface area contributed by atoms with Gasteiger partial charge in [-0.1, -0.05) is 6.07 Å². The lowest BCUT2D eigenvalue weighted by molar-refractivity contribution is 0.134. The van der Waals surface area contributed by atoms with Gasteiger partial charge in [-0.15, -0.1) is 15.3 Å². The highest BCUT2D eigenvalue weighted by molar-refractivity contribution is 5.58. The zero-order valence-electron chi connectivity index (χ0n) is 15.7. The van der Waals surface area contributed by atoms with Crippen molar-refractivity contribution >= 4 is 11.5 Å². The molecular weight excluding hydrogens is 342 g/mol. The third kappa shape index (κ3) is 2.92. The summed E-state index contributed by atoms with van der Waals surface area (Å²) in [7, 11) is 0. The molecule has 4 heterocycles. The first-order valence-electron chi connectivity index (χ1n) is 9.47. The molecule has 1 aromatic carbocycles. The van der Waals surface area contributed by atoms with Gasteiger partial charge in [-0.3, -0.25) is 0 Å². The Hall–Kier alpha value is -2.67. The summed E-state index contributed by atoms with van der Waals surface area (Å²) in [6.07, 6.45) is 3.86. The van der Waals surface area contributed by atoms with Crippen LogP contribution >= 0.6 is 0 Å². The number of aryl methyl sites for hydroxylation is 1. The standard InChI is InChI=1S/C20H23N5O2/c1-13-14(2)20(23-25-12-21-22-19(13)25)24-7-5-17(6-8-24)27-18-4-3-15-10-26-11-16(15)9-18/h3-4,9,12,17H,5-8,10-11H2,1-2H3. The molecule has 0 bridgehead atoms. The van der Waals surface area contributed by atoms with E-state index >= 15 is 0 Å². The van der Waals surface area contributed by atoms with E-state index < -0.39 is 0 Å². The molecule has 0 atom stereocenters. The van der Waals surface area contributed by atoms with Gasteiger partial charge in [0, 0.05) is 37.1 Å². The van der Waals surface area contributed by atoms with E-state index in [1.807, 2.05) is 0 Å². The highest BCUT2D eigenvalue weighted by Crippen LogP contribution is 2.29. The lowest BCUT2D eigenvalue weighted by Gasteiger charge is -2.33. The maximum absolute atomic E-state index is 6.25. The smallest absolute Gasteiger partial charge is 0.180 e. The summed E-state index contributed by atoms with van der Waals surface area (Å²) < 4.78 is 13.5. The molecule has 0 radical (unpaired) electrons. The Labute approximate surface area is 157 Å². The highest BCUT2D eigenvalue weighted by Gasteiger charge is 2.24. The van der Waals surface area contributed by atoms with E-state index in [0.29, 0.717) is 6.61 Å². The SMILES string of the molecule is Cc1c(N2CCC(Oc3ccc4c(c3)COC4)CC2)nn2cnnc2c1C. The van der Waals surface area contributed by atoms with E-state index in [2.05, 4.69) is 47.1 Å². The van der Waals surface area contributed by atoms with Crippen molar-refractivity contribution < 1.29 is 9.47 Å². The van der Waals surface area contributed by atoms with Crippen LogP contribution in [0.2, 0.25) is 0 Å². The van der Waals surface area contributed by atoms with Crippen LogP contribution in [0.5, 0.6) is 5.75 Å². The summed E-state index contributed by atoms with van der Waals surface area (Å²) in [6, 6.07) is 6.32. The van der Waals surface area contributed by atoms with E-state index in [0.717, 1.165) is 55.3 Å². The molecule has 1 saturated heterocycles. The van der Waals surface area contributed by atoms with Gasteiger partial charge in [0.25, 0.3) is 0 Å². The van der Waals surface area contributed by atoms with Crippen molar-refractivity contribution in [1.82, 2.24) is 19.8 Å². The number of fused-ring (bicyclic) bond motifs is 2. The fraction of sp³-hybridized carbons (Fsp3) is 0.450. The minimum atomic E-state index is 0.238. The first-order chi connectivity index (χ1) is 13.2. The largest absolute Gasteiger partial charge is 0.490 e. The zero-order valence-corrected chi connectivity index (χ0v) is 15.7. The van der Waals surface area contributed by atoms with E-state index in [4.69, 9.17) is 14.6 Å². The lowest BCUT2D eigenvalue weighted by Crippen LogP contribution is -2.39. The molecule has 0 spiro atoms. The molecule has 140 valence electrons. The first kappa shape index (κ1) is 16.5. The highest BCUT2D eigenvalue weighted by atomic mass is 16.5. The van der Waals surface area contributed by atoms with Gasteiger partial charge in [0.15, 0.2) is 11.5 Å². The maximum Gasteiger partial charge on any atom is 0.180 e. The number of rotatable bonds is 3. The van der Waals surface area contributed by atoms with Crippen LogP contribution in [0.4, 0.5) is 5.82 Å². The number of nitrogens with zero attached hydrogens (tertiary/aromatic N) is 5. The summed E-state index contributed by atoms with van der Waals surface area (Å²) >= 11 is 0. The Kier molecular flexibility index (Phi) is 3.97. The Bertz CT molecular complexity index is 991. The molecule has 0 aliphatic carbocycles. The Balaban J connectivity index is 1.28. The molecular formula is C20H23N5O2. The van der Waals surface area contributed by atoms with Gasteiger partial charge >= 0.3 is 0 Å². The zero-order chi connectivity index (χ0) is 18.4. The molecule has 3 aromatic rings. The Morgan fingerprint density at radius 1 is 1.07 bits per heavy atom. The number of hydrogen-bond acceptors (Lipinski definition) is 6. The van der Waals surface area contributed by atoms with Crippen LogP contribution in [-0.2, 0) is 18.0 Å². The van der Waals surface area contributed by atoms with Crippen molar-refractivity contribution in [2.45, 2.75) is 46.0 Å². The molecule has 0 unspecified atom stereocenters. The van der Waals surface area contributed by atoms with Gasteiger partial charge in [0.1, 0.15) is 18.2 Å². The molecule has 2 aromatic heterocycles. The molecule has 0 saturated carbocycles. The second-order valence-electron chi connectivity index (χ2n) is 7.40. The number of hydrogen-bond donors (Lipinski definition) is 0. The Morgan fingerprint density at radius 2 is 1.89 bits per heavy atom. The normalized spacial score (nSPS) is 17.5. The number of piperidine rings is 1. The van der Waals surface area contributed by atoms with Crippen molar-refractivity contribution in [3.05, 3.63) is 46.8 Å². The summed E-state index contributed by atoms with van der Waals surface area (Å²) in [5.41, 5.74) is 5.67. The second-order valence-corrected chi connectivity index (χ2v) is 7.40. The van der Waals surface area contributed by atoms with Crippen LogP contribution in [0.25, 0.3) is 5.65 Å². The van der Waals surface area contributed by atoms with Crippen molar-refractivity contribution in [1.29, 1.82) is 0 Å². The van der Waals surface area contributed by atoms with E-state index in [1.165, 1.54) is 16.7 Å². The van der Waals surface area contributed by atoms with Gasteiger partial charge in [-0.05, 0) is 37.1 Å². The summed E-state index contributed by atoms with van der Waals surface area (Å²) in [4.78, 5) is 2.35. The monoisotopic (exact) mass is 365 g/mol. The predicted octanol–water partition coefficient (Wildman–Crippen LogP) is 2.82. The number of benzene rings is 1. The van der Waals surface area contributed by atoms with Gasteiger partial charge in [-0.2, -0.15) is 4.52 Å². The molecule has 2 aliphatic rings. The van der Waals surface area contributed by atoms with Crippen LogP contribution < -0.4 is 9.64 Å². The molecule has 0 N–H and O–H groups in total. The molecule has 27 heavy (non-hydrogen) atoms. The summed E-state index contributed by atoms with van der Waals surface area (Å²) in [6.45, 7) is 7.47. The van der Waals surface area contributed by atoms with Crippen molar-refractivity contribution in [3.63, 3.8) is 0 Å². The molecule has 0 amide bonds. The fourth-order valence-electron chi connectivity index (χ4n) is 3.96. The molecule has 7 nitrogen and oxygen atoms in total. The molecule has 7 heteroatoms. The van der Waals surface area contributed by atoms with E-state index in [1.54, 1.807) is 10.8 Å². The summed E-state index contributed by atoms with van der Waals surface area (Å²) in [5.74, 6) is 1.97. The van der Waals surface area contributed by atoms with Gasteiger partial charge in [-0.25, -0.2) is 0 Å². The quantitative estimate of drug-likeness (QED) is 0.711. The van der Waals surface area contributed by atoms with Crippen LogP contribution in [0, 0.1) is 13.8 Å². The van der Waals surface area contributed by atoms with Crippen molar-refractivity contribution in [3.8, 4) is 5.75 Å². The van der Waals surface area contributed by atoms with Crippen molar-refractivity contribution in [2.75, 3.05) is 18.0 Å². The number of aromatic nitrogens is 4. The third-order valence-corrected chi connectivity index (χ3v) is 5.70. The van der Waals surface area contributed by atoms with Crippen molar-refractivity contribution in [2.24, 2.45) is 0 Å². The average Bonchev–Trinajstić information content (AvgIpc) is 3.34. The summed E-state index contributed by atoms with van der Waals surface area (Å²) in [5, 5.41) is 12.9. The number of anilines is 1. The van der Waals surface area contributed by atoms with Gasteiger partial charge in [0.05, 0.1) is 13.2 Å². The minimum absolute atomic E-state index is 0.238. The van der Waals surface area contributed by atoms with E-state index in [9.17, 15) is 0 Å². The van der Waals surface area contributed by atoms with Crippen LogP contribution in [-0.4, -0.2) is 39.0 Å². The molecule has 5 rings (SSSR count). The Morgan fingerprint density at radius 3 is 2.74 bits per heavy atom. The van der Waals surface area contributed by atoms with Crippen LogP contribution in [0.1, 0.15) is 35.1 Å². The topological polar surface area (TPSA) is 64.8 Å². The maximum atomic E-state index is 6.25.